The lowest BCUT2D eigenvalue weighted by Crippen LogP contribution is -2.53. The van der Waals surface area contributed by atoms with Crippen molar-refractivity contribution in [1.82, 2.24) is 0 Å². The van der Waals surface area contributed by atoms with Gasteiger partial charge in [0, 0.05) is 13.2 Å². The third-order valence-electron chi connectivity index (χ3n) is 5.48. The van der Waals surface area contributed by atoms with Gasteiger partial charge < -0.3 is 10.5 Å². The molecular formula is C19H31NO. The highest BCUT2D eigenvalue weighted by Gasteiger charge is 2.42. The highest BCUT2D eigenvalue weighted by molar-refractivity contribution is 5.31. The van der Waals surface area contributed by atoms with E-state index in [4.69, 9.17) is 10.5 Å². The molecule has 0 aromatic heterocycles. The fourth-order valence-electron chi connectivity index (χ4n) is 3.52. The number of benzene rings is 1. The predicted molar refractivity (Wildman–Crippen MR) is 89.6 cm³/mol. The highest BCUT2D eigenvalue weighted by Crippen LogP contribution is 2.43. The predicted octanol–water partition coefficient (Wildman–Crippen LogP) is 4.16. The van der Waals surface area contributed by atoms with Crippen LogP contribution in [0.15, 0.2) is 18.2 Å². The molecule has 1 saturated carbocycles. The molecule has 1 aliphatic carbocycles. The van der Waals surface area contributed by atoms with Crippen LogP contribution in [0, 0.1) is 19.3 Å². The lowest BCUT2D eigenvalue weighted by Gasteiger charge is -2.46. The number of rotatable bonds is 4. The molecule has 1 aromatic rings. The Morgan fingerprint density at radius 3 is 2.33 bits per heavy atom. The Bertz CT molecular complexity index is 482. The summed E-state index contributed by atoms with van der Waals surface area (Å²) in [6.45, 7) is 9.01. The zero-order chi connectivity index (χ0) is 15.7. The Morgan fingerprint density at radius 2 is 1.76 bits per heavy atom. The summed E-state index contributed by atoms with van der Waals surface area (Å²) < 4.78 is 5.95. The second-order valence-electron chi connectivity index (χ2n) is 7.67. The Kier molecular flexibility index (Phi) is 4.79. The van der Waals surface area contributed by atoms with E-state index in [0.717, 1.165) is 19.3 Å². The molecule has 0 amide bonds. The molecule has 1 fully saturated rings. The maximum Gasteiger partial charge on any atom is 0.0832 e. The minimum Gasteiger partial charge on any atom is -0.377 e. The van der Waals surface area contributed by atoms with Gasteiger partial charge >= 0.3 is 0 Å². The molecule has 0 aliphatic heterocycles. The van der Waals surface area contributed by atoms with Gasteiger partial charge in [0.05, 0.1) is 5.60 Å². The molecule has 0 radical (unpaired) electrons. The Hall–Kier alpha value is -0.860. The van der Waals surface area contributed by atoms with Gasteiger partial charge in [-0.1, -0.05) is 37.6 Å². The standard InChI is InChI=1S/C19H31NO/c1-14-6-7-15(2)16(12-14)13-17(20)19(21-5)10-8-18(3,4)9-11-19/h6-7,12,17H,8-11,13,20H2,1-5H3. The first-order valence-corrected chi connectivity index (χ1v) is 8.15. The van der Waals surface area contributed by atoms with E-state index in [2.05, 4.69) is 45.9 Å². The summed E-state index contributed by atoms with van der Waals surface area (Å²) >= 11 is 0. The molecule has 21 heavy (non-hydrogen) atoms. The molecule has 2 rings (SSSR count). The van der Waals surface area contributed by atoms with Gasteiger partial charge in [-0.15, -0.1) is 0 Å². The average molecular weight is 289 g/mol. The monoisotopic (exact) mass is 289 g/mol. The first-order chi connectivity index (χ1) is 9.78. The van der Waals surface area contributed by atoms with E-state index in [9.17, 15) is 0 Å². The molecular weight excluding hydrogens is 258 g/mol. The summed E-state index contributed by atoms with van der Waals surface area (Å²) in [5.74, 6) is 0. The van der Waals surface area contributed by atoms with E-state index in [0.29, 0.717) is 5.41 Å². The number of aryl methyl sites for hydroxylation is 2. The number of methoxy groups -OCH3 is 1. The fraction of sp³-hybridized carbons (Fsp3) is 0.684. The van der Waals surface area contributed by atoms with Crippen molar-refractivity contribution in [2.45, 2.75) is 71.4 Å². The van der Waals surface area contributed by atoms with E-state index in [1.54, 1.807) is 0 Å². The number of ether oxygens (including phenoxy) is 1. The molecule has 1 unspecified atom stereocenters. The molecule has 1 aromatic carbocycles. The first-order valence-electron chi connectivity index (χ1n) is 8.15. The largest absolute Gasteiger partial charge is 0.377 e. The Balaban J connectivity index is 2.14. The van der Waals surface area contributed by atoms with Crippen LogP contribution in [-0.2, 0) is 11.2 Å². The van der Waals surface area contributed by atoms with Crippen LogP contribution in [0.2, 0.25) is 0 Å². The number of hydrogen-bond acceptors (Lipinski definition) is 2. The van der Waals surface area contributed by atoms with Crippen LogP contribution in [0.5, 0.6) is 0 Å². The first kappa shape index (κ1) is 16.5. The van der Waals surface area contributed by atoms with Crippen LogP contribution in [0.4, 0.5) is 0 Å². The van der Waals surface area contributed by atoms with E-state index in [1.807, 2.05) is 7.11 Å². The fourth-order valence-corrected chi connectivity index (χ4v) is 3.52. The van der Waals surface area contributed by atoms with Gasteiger partial charge in [0.1, 0.15) is 0 Å². The van der Waals surface area contributed by atoms with Crippen LogP contribution in [-0.4, -0.2) is 18.8 Å². The number of hydrogen-bond donors (Lipinski definition) is 1. The SMILES string of the molecule is COC1(C(N)Cc2cc(C)ccc2C)CCC(C)(C)CC1. The van der Waals surface area contributed by atoms with Crippen molar-refractivity contribution >= 4 is 0 Å². The topological polar surface area (TPSA) is 35.2 Å². The zero-order valence-electron chi connectivity index (χ0n) is 14.3. The molecule has 118 valence electrons. The van der Waals surface area contributed by atoms with Crippen molar-refractivity contribution in [3.8, 4) is 0 Å². The van der Waals surface area contributed by atoms with Gasteiger partial charge in [0.25, 0.3) is 0 Å². The maximum absolute atomic E-state index is 6.61. The molecule has 0 saturated heterocycles. The van der Waals surface area contributed by atoms with Gasteiger partial charge in [-0.2, -0.15) is 0 Å². The normalized spacial score (nSPS) is 22.0. The second-order valence-corrected chi connectivity index (χ2v) is 7.67. The Labute approximate surface area is 130 Å². The third-order valence-corrected chi connectivity index (χ3v) is 5.48. The molecule has 2 N–H and O–H groups in total. The Morgan fingerprint density at radius 1 is 1.14 bits per heavy atom. The molecule has 0 bridgehead atoms. The summed E-state index contributed by atoms with van der Waals surface area (Å²) in [5, 5.41) is 0. The van der Waals surface area contributed by atoms with Crippen molar-refractivity contribution in [3.63, 3.8) is 0 Å². The second kappa shape index (κ2) is 6.10. The van der Waals surface area contributed by atoms with E-state index in [-0.39, 0.29) is 11.6 Å². The minimum atomic E-state index is -0.147. The van der Waals surface area contributed by atoms with Crippen molar-refractivity contribution in [3.05, 3.63) is 34.9 Å². The highest BCUT2D eigenvalue weighted by atomic mass is 16.5. The molecule has 0 spiro atoms. The molecule has 0 heterocycles. The van der Waals surface area contributed by atoms with Gasteiger partial charge in [-0.25, -0.2) is 0 Å². The number of nitrogens with two attached hydrogens (primary N) is 1. The van der Waals surface area contributed by atoms with Crippen LogP contribution in [0.25, 0.3) is 0 Å². The van der Waals surface area contributed by atoms with Gasteiger partial charge in [-0.3, -0.25) is 0 Å². The van der Waals surface area contributed by atoms with Crippen molar-refractivity contribution < 1.29 is 4.74 Å². The summed E-state index contributed by atoms with van der Waals surface area (Å²) in [6, 6.07) is 6.70. The van der Waals surface area contributed by atoms with Crippen LogP contribution < -0.4 is 5.73 Å². The smallest absolute Gasteiger partial charge is 0.0832 e. The van der Waals surface area contributed by atoms with E-state index < -0.39 is 0 Å². The quantitative estimate of drug-likeness (QED) is 0.903. The van der Waals surface area contributed by atoms with Crippen LogP contribution in [0.3, 0.4) is 0 Å². The van der Waals surface area contributed by atoms with Crippen molar-refractivity contribution in [1.29, 1.82) is 0 Å². The molecule has 1 aliphatic rings. The molecule has 2 heteroatoms. The van der Waals surface area contributed by atoms with Crippen molar-refractivity contribution in [2.75, 3.05) is 7.11 Å². The third kappa shape index (κ3) is 3.67. The maximum atomic E-state index is 6.61. The molecule has 1 atom stereocenters. The summed E-state index contributed by atoms with van der Waals surface area (Å²) in [6.07, 6.45) is 5.44. The zero-order valence-corrected chi connectivity index (χ0v) is 14.3. The van der Waals surface area contributed by atoms with Crippen molar-refractivity contribution in [2.24, 2.45) is 11.1 Å². The summed E-state index contributed by atoms with van der Waals surface area (Å²) in [5.41, 5.74) is 10.9. The summed E-state index contributed by atoms with van der Waals surface area (Å²) in [7, 11) is 1.83. The van der Waals surface area contributed by atoms with Crippen LogP contribution >= 0.6 is 0 Å². The van der Waals surface area contributed by atoms with Gasteiger partial charge in [0.2, 0.25) is 0 Å². The lowest BCUT2D eigenvalue weighted by atomic mass is 9.67. The van der Waals surface area contributed by atoms with Gasteiger partial charge in [0.15, 0.2) is 0 Å². The molecule has 2 nitrogen and oxygen atoms in total. The minimum absolute atomic E-state index is 0.0686. The average Bonchev–Trinajstić information content (AvgIpc) is 2.43. The van der Waals surface area contributed by atoms with E-state index >= 15 is 0 Å². The lowest BCUT2D eigenvalue weighted by molar-refractivity contribution is -0.0781. The summed E-state index contributed by atoms with van der Waals surface area (Å²) in [4.78, 5) is 0. The van der Waals surface area contributed by atoms with Crippen LogP contribution in [0.1, 0.15) is 56.2 Å². The van der Waals surface area contributed by atoms with E-state index in [1.165, 1.54) is 29.5 Å². The van der Waals surface area contributed by atoms with Gasteiger partial charge in [-0.05, 0) is 62.5 Å².